The first kappa shape index (κ1) is 12.6. The summed E-state index contributed by atoms with van der Waals surface area (Å²) < 4.78 is 0. The van der Waals surface area contributed by atoms with Crippen molar-refractivity contribution in [3.63, 3.8) is 0 Å². The van der Waals surface area contributed by atoms with Gasteiger partial charge in [0.05, 0.1) is 10.6 Å². The van der Waals surface area contributed by atoms with E-state index in [1.807, 2.05) is 0 Å². The zero-order valence-corrected chi connectivity index (χ0v) is 11.9. The summed E-state index contributed by atoms with van der Waals surface area (Å²) in [5.74, 6) is 0.775. The minimum atomic E-state index is 0.120. The number of fused-ring (bicyclic) bond motifs is 1. The van der Waals surface area contributed by atoms with Crippen LogP contribution in [-0.2, 0) is 12.8 Å². The van der Waals surface area contributed by atoms with Crippen molar-refractivity contribution in [3.8, 4) is 0 Å². The van der Waals surface area contributed by atoms with E-state index < -0.39 is 0 Å². The van der Waals surface area contributed by atoms with Crippen LogP contribution >= 0.6 is 11.3 Å². The molecule has 0 amide bonds. The van der Waals surface area contributed by atoms with Crippen LogP contribution in [0.3, 0.4) is 0 Å². The van der Waals surface area contributed by atoms with Gasteiger partial charge in [0.25, 0.3) is 0 Å². The molecule has 1 aliphatic carbocycles. The van der Waals surface area contributed by atoms with E-state index in [0.29, 0.717) is 11.3 Å². The number of Topliss-reactive ketones (excluding diaryl/α,β-unsaturated/α-hetero) is 1. The lowest BCUT2D eigenvalue weighted by atomic mass is 9.71. The molecule has 2 N–H and O–H groups in total. The van der Waals surface area contributed by atoms with E-state index in [4.69, 9.17) is 5.73 Å². The minimum Gasteiger partial charge on any atom is -0.390 e. The second-order valence-corrected chi connectivity index (χ2v) is 7.24. The summed E-state index contributed by atoms with van der Waals surface area (Å²) in [7, 11) is 0. The summed E-state index contributed by atoms with van der Waals surface area (Å²) in [6.07, 6.45) is 3.31. The molecular formula is C14H21NOS. The summed E-state index contributed by atoms with van der Waals surface area (Å²) in [5.41, 5.74) is 8.33. The van der Waals surface area contributed by atoms with Gasteiger partial charge in [-0.25, -0.2) is 0 Å². The molecule has 0 saturated carbocycles. The zero-order chi connectivity index (χ0) is 12.8. The van der Waals surface area contributed by atoms with Crippen LogP contribution < -0.4 is 5.73 Å². The molecule has 3 heteroatoms. The van der Waals surface area contributed by atoms with Crippen LogP contribution in [0.25, 0.3) is 0 Å². The van der Waals surface area contributed by atoms with Gasteiger partial charge in [-0.2, -0.15) is 0 Å². The molecule has 0 radical (unpaired) electrons. The highest BCUT2D eigenvalue weighted by atomic mass is 32.1. The van der Waals surface area contributed by atoms with Gasteiger partial charge in [-0.3, -0.25) is 4.79 Å². The second-order valence-electron chi connectivity index (χ2n) is 6.10. The third-order valence-electron chi connectivity index (χ3n) is 3.87. The summed E-state index contributed by atoms with van der Waals surface area (Å²) >= 11 is 1.61. The summed E-state index contributed by atoms with van der Waals surface area (Å²) in [4.78, 5) is 13.0. The van der Waals surface area contributed by atoms with E-state index in [9.17, 15) is 4.79 Å². The predicted molar refractivity (Wildman–Crippen MR) is 73.7 cm³/mol. The smallest absolute Gasteiger partial charge is 0.163 e. The Morgan fingerprint density at radius 3 is 2.59 bits per heavy atom. The molecule has 0 saturated heterocycles. The zero-order valence-electron chi connectivity index (χ0n) is 11.1. The van der Waals surface area contributed by atoms with Gasteiger partial charge in [0.15, 0.2) is 5.78 Å². The minimum absolute atomic E-state index is 0.120. The van der Waals surface area contributed by atoms with Crippen LogP contribution in [0.5, 0.6) is 0 Å². The maximum Gasteiger partial charge on any atom is 0.163 e. The Morgan fingerprint density at radius 1 is 1.41 bits per heavy atom. The van der Waals surface area contributed by atoms with Gasteiger partial charge in [-0.15, -0.1) is 11.3 Å². The van der Waals surface area contributed by atoms with Crippen LogP contribution in [0.2, 0.25) is 0 Å². The number of nitrogens with two attached hydrogens (primary N) is 1. The third kappa shape index (κ3) is 2.25. The van der Waals surface area contributed by atoms with Crippen molar-refractivity contribution in [2.75, 3.05) is 5.73 Å². The van der Waals surface area contributed by atoms with Crippen molar-refractivity contribution in [2.24, 2.45) is 11.3 Å². The number of carbonyl (C=O) groups excluding carboxylic acids is 1. The van der Waals surface area contributed by atoms with Gasteiger partial charge in [0.2, 0.25) is 0 Å². The quantitative estimate of drug-likeness (QED) is 0.774. The summed E-state index contributed by atoms with van der Waals surface area (Å²) in [6.45, 7) is 8.48. The van der Waals surface area contributed by atoms with Crippen molar-refractivity contribution in [2.45, 2.75) is 47.0 Å². The Kier molecular flexibility index (Phi) is 3.06. The molecule has 1 unspecified atom stereocenters. The molecule has 0 aromatic carbocycles. The number of thiophene rings is 1. The van der Waals surface area contributed by atoms with Crippen LogP contribution in [0.1, 0.15) is 54.9 Å². The molecule has 0 bridgehead atoms. The average molecular weight is 251 g/mol. The molecule has 1 aromatic heterocycles. The van der Waals surface area contributed by atoms with Gasteiger partial charge < -0.3 is 5.73 Å². The van der Waals surface area contributed by atoms with E-state index in [-0.39, 0.29) is 5.78 Å². The van der Waals surface area contributed by atoms with Gasteiger partial charge in [0, 0.05) is 4.88 Å². The normalized spacial score (nSPS) is 20.1. The van der Waals surface area contributed by atoms with Crippen molar-refractivity contribution in [1.29, 1.82) is 0 Å². The van der Waals surface area contributed by atoms with Crippen molar-refractivity contribution in [3.05, 3.63) is 16.0 Å². The molecule has 1 aliphatic rings. The highest BCUT2D eigenvalue weighted by Gasteiger charge is 2.32. The number of ketones is 1. The standard InChI is InChI=1S/C14H21NOS/c1-8(16)12-10-7-9(14(2,3)4)5-6-11(10)17-13(12)15/h9H,5-7,15H2,1-4H3. The predicted octanol–water partition coefficient (Wildman–Crippen LogP) is 3.68. The van der Waals surface area contributed by atoms with Gasteiger partial charge >= 0.3 is 0 Å². The second kappa shape index (κ2) is 4.13. The van der Waals surface area contributed by atoms with E-state index in [0.717, 1.165) is 23.4 Å². The molecule has 0 spiro atoms. The van der Waals surface area contributed by atoms with Gasteiger partial charge in [0.1, 0.15) is 0 Å². The summed E-state index contributed by atoms with van der Waals surface area (Å²) in [5, 5.41) is 0.719. The monoisotopic (exact) mass is 251 g/mol. The molecule has 2 nitrogen and oxygen atoms in total. The van der Waals surface area contributed by atoms with E-state index in [2.05, 4.69) is 20.8 Å². The highest BCUT2D eigenvalue weighted by Crippen LogP contribution is 2.43. The van der Waals surface area contributed by atoms with Crippen LogP contribution in [0, 0.1) is 11.3 Å². The first-order valence-corrected chi connectivity index (χ1v) is 7.03. The molecular weight excluding hydrogens is 230 g/mol. The van der Waals surface area contributed by atoms with Crippen molar-refractivity contribution in [1.82, 2.24) is 0 Å². The maximum atomic E-state index is 11.7. The van der Waals surface area contributed by atoms with E-state index in [1.165, 1.54) is 16.9 Å². The highest BCUT2D eigenvalue weighted by molar-refractivity contribution is 7.16. The van der Waals surface area contributed by atoms with E-state index in [1.54, 1.807) is 18.3 Å². The van der Waals surface area contributed by atoms with E-state index >= 15 is 0 Å². The molecule has 1 aromatic rings. The Bertz CT molecular complexity index is 454. The first-order valence-electron chi connectivity index (χ1n) is 6.21. The number of aryl methyl sites for hydroxylation is 1. The number of rotatable bonds is 1. The van der Waals surface area contributed by atoms with Crippen molar-refractivity contribution < 1.29 is 4.79 Å². The van der Waals surface area contributed by atoms with Crippen LogP contribution in [0.4, 0.5) is 5.00 Å². The Hall–Kier alpha value is -0.830. The fourth-order valence-corrected chi connectivity index (χ4v) is 3.89. The molecule has 1 atom stereocenters. The molecule has 0 aliphatic heterocycles. The Labute approximate surface area is 107 Å². The summed E-state index contributed by atoms with van der Waals surface area (Å²) in [6, 6.07) is 0. The maximum absolute atomic E-state index is 11.7. The first-order chi connectivity index (χ1) is 7.80. The molecule has 17 heavy (non-hydrogen) atoms. The third-order valence-corrected chi connectivity index (χ3v) is 4.99. The van der Waals surface area contributed by atoms with Gasteiger partial charge in [-0.05, 0) is 43.1 Å². The van der Waals surface area contributed by atoms with Crippen LogP contribution in [0.15, 0.2) is 0 Å². The number of carbonyl (C=O) groups is 1. The Morgan fingerprint density at radius 2 is 2.06 bits per heavy atom. The molecule has 0 fully saturated rings. The topological polar surface area (TPSA) is 43.1 Å². The largest absolute Gasteiger partial charge is 0.390 e. The molecule has 94 valence electrons. The fraction of sp³-hybridized carbons (Fsp3) is 0.643. The number of nitrogen functional groups attached to an aromatic ring is 1. The number of hydrogen-bond donors (Lipinski definition) is 1. The Balaban J connectivity index is 2.39. The van der Waals surface area contributed by atoms with Gasteiger partial charge in [-0.1, -0.05) is 20.8 Å². The van der Waals surface area contributed by atoms with Crippen molar-refractivity contribution >= 4 is 22.1 Å². The average Bonchev–Trinajstić information content (AvgIpc) is 2.50. The lowest BCUT2D eigenvalue weighted by molar-refractivity contribution is 0.101. The van der Waals surface area contributed by atoms with Crippen LogP contribution in [-0.4, -0.2) is 5.78 Å². The lowest BCUT2D eigenvalue weighted by Gasteiger charge is -2.34. The number of anilines is 1. The lowest BCUT2D eigenvalue weighted by Crippen LogP contribution is -2.27. The molecule has 1 heterocycles. The molecule has 2 rings (SSSR count). The SMILES string of the molecule is CC(=O)c1c(N)sc2c1CC(C(C)(C)C)CC2. The fourth-order valence-electron chi connectivity index (χ4n) is 2.73. The number of hydrogen-bond acceptors (Lipinski definition) is 3.